The fourth-order valence-corrected chi connectivity index (χ4v) is 2.01. The smallest absolute Gasteiger partial charge is 0.285 e. The second kappa shape index (κ2) is 5.74. The first-order chi connectivity index (χ1) is 9.78. The molecule has 0 spiro atoms. The minimum Gasteiger partial charge on any atom is -0.349 e. The fourth-order valence-electron chi connectivity index (χ4n) is 2.01. The number of nitro benzene ring substituents is 1. The summed E-state index contributed by atoms with van der Waals surface area (Å²) in [5.74, 6) is -2.14. The highest BCUT2D eigenvalue weighted by molar-refractivity contribution is 5.98. The van der Waals surface area contributed by atoms with Crippen molar-refractivity contribution in [2.45, 2.75) is 25.7 Å². The van der Waals surface area contributed by atoms with Crippen LogP contribution in [0.3, 0.4) is 0 Å². The summed E-state index contributed by atoms with van der Waals surface area (Å²) in [5, 5.41) is 13.4. The number of carbonyl (C=O) groups is 1. The SMILES string of the molecule is CC1(C)OCC(CNC(=O)c2ccc(F)cc2[N+](=O)[O-])O1. The quantitative estimate of drug-likeness (QED) is 0.673. The molecule has 1 aromatic rings. The monoisotopic (exact) mass is 298 g/mol. The van der Waals surface area contributed by atoms with E-state index in [0.717, 1.165) is 12.1 Å². The molecule has 0 bridgehead atoms. The van der Waals surface area contributed by atoms with Gasteiger partial charge in [0.25, 0.3) is 11.6 Å². The standard InChI is InChI=1S/C13H15FN2O5/c1-13(2)20-7-9(21-13)6-15-12(17)10-4-3-8(14)5-11(10)16(18)19/h3-5,9H,6-7H2,1-2H3,(H,15,17). The first-order valence-corrected chi connectivity index (χ1v) is 6.32. The Morgan fingerprint density at radius 2 is 2.29 bits per heavy atom. The number of halogens is 1. The lowest BCUT2D eigenvalue weighted by Gasteiger charge is -2.17. The van der Waals surface area contributed by atoms with E-state index in [1.165, 1.54) is 0 Å². The van der Waals surface area contributed by atoms with Crippen molar-refractivity contribution < 1.29 is 23.6 Å². The lowest BCUT2D eigenvalue weighted by molar-refractivity contribution is -0.385. The first-order valence-electron chi connectivity index (χ1n) is 6.32. The maximum absolute atomic E-state index is 13.0. The third-order valence-electron chi connectivity index (χ3n) is 2.96. The highest BCUT2D eigenvalue weighted by atomic mass is 19.1. The van der Waals surface area contributed by atoms with E-state index < -0.39 is 28.1 Å². The number of hydrogen-bond acceptors (Lipinski definition) is 5. The van der Waals surface area contributed by atoms with Crippen LogP contribution in [0.15, 0.2) is 18.2 Å². The van der Waals surface area contributed by atoms with Gasteiger partial charge >= 0.3 is 0 Å². The zero-order valence-electron chi connectivity index (χ0n) is 11.6. The van der Waals surface area contributed by atoms with Crippen LogP contribution < -0.4 is 5.32 Å². The van der Waals surface area contributed by atoms with Gasteiger partial charge in [0.2, 0.25) is 0 Å². The number of rotatable bonds is 4. The van der Waals surface area contributed by atoms with Crippen molar-refractivity contribution >= 4 is 11.6 Å². The summed E-state index contributed by atoms with van der Waals surface area (Å²) >= 11 is 0. The van der Waals surface area contributed by atoms with Crippen LogP contribution in [0.2, 0.25) is 0 Å². The summed E-state index contributed by atoms with van der Waals surface area (Å²) < 4.78 is 23.9. The summed E-state index contributed by atoms with van der Waals surface area (Å²) in [6, 6.07) is 2.80. The molecule has 1 saturated heterocycles. The lowest BCUT2D eigenvalue weighted by Crippen LogP contribution is -2.34. The number of nitro groups is 1. The number of nitrogens with one attached hydrogen (secondary N) is 1. The Hall–Kier alpha value is -2.06. The molecule has 1 aromatic carbocycles. The minimum atomic E-state index is -0.795. The van der Waals surface area contributed by atoms with Crippen LogP contribution in [0, 0.1) is 15.9 Å². The third kappa shape index (κ3) is 3.73. The molecule has 1 heterocycles. The topological polar surface area (TPSA) is 90.7 Å². The van der Waals surface area contributed by atoms with Crippen LogP contribution in [0.25, 0.3) is 0 Å². The van der Waals surface area contributed by atoms with E-state index in [9.17, 15) is 19.3 Å². The highest BCUT2D eigenvalue weighted by Crippen LogP contribution is 2.22. The second-order valence-electron chi connectivity index (χ2n) is 5.08. The molecule has 1 aliphatic heterocycles. The average molecular weight is 298 g/mol. The molecule has 1 unspecified atom stereocenters. The van der Waals surface area contributed by atoms with Gasteiger partial charge in [-0.3, -0.25) is 14.9 Å². The number of hydrogen-bond donors (Lipinski definition) is 1. The molecule has 21 heavy (non-hydrogen) atoms. The normalized spacial score (nSPS) is 20.2. The maximum atomic E-state index is 13.0. The Labute approximate surface area is 120 Å². The van der Waals surface area contributed by atoms with Crippen LogP contribution in [-0.4, -0.2) is 35.9 Å². The Bertz CT molecular complexity index is 576. The molecule has 0 radical (unpaired) electrons. The summed E-state index contributed by atoms with van der Waals surface area (Å²) in [4.78, 5) is 22.0. The number of benzene rings is 1. The number of carbonyl (C=O) groups excluding carboxylic acids is 1. The van der Waals surface area contributed by atoms with Crippen molar-refractivity contribution in [3.8, 4) is 0 Å². The molecule has 0 aliphatic carbocycles. The average Bonchev–Trinajstić information content (AvgIpc) is 2.75. The Morgan fingerprint density at radius 1 is 1.57 bits per heavy atom. The molecular formula is C13H15FN2O5. The van der Waals surface area contributed by atoms with Gasteiger partial charge in [0.15, 0.2) is 5.79 Å². The zero-order valence-corrected chi connectivity index (χ0v) is 11.6. The number of amides is 1. The third-order valence-corrected chi connectivity index (χ3v) is 2.96. The molecule has 1 amide bonds. The van der Waals surface area contributed by atoms with Crippen molar-refractivity contribution in [1.82, 2.24) is 5.32 Å². The molecule has 1 fully saturated rings. The number of ether oxygens (including phenoxy) is 2. The molecule has 1 aliphatic rings. The van der Waals surface area contributed by atoms with E-state index >= 15 is 0 Å². The van der Waals surface area contributed by atoms with Crippen molar-refractivity contribution in [2.75, 3.05) is 13.2 Å². The van der Waals surface area contributed by atoms with Crippen LogP contribution in [0.5, 0.6) is 0 Å². The second-order valence-corrected chi connectivity index (χ2v) is 5.08. The van der Waals surface area contributed by atoms with E-state index in [1.807, 2.05) is 0 Å². The predicted octanol–water partition coefficient (Wildman–Crippen LogP) is 1.62. The molecule has 1 atom stereocenters. The van der Waals surface area contributed by atoms with Gasteiger partial charge in [-0.15, -0.1) is 0 Å². The van der Waals surface area contributed by atoms with Gasteiger partial charge in [0.05, 0.1) is 17.6 Å². The van der Waals surface area contributed by atoms with E-state index in [2.05, 4.69) is 5.32 Å². The Kier molecular flexibility index (Phi) is 4.19. The lowest BCUT2D eigenvalue weighted by atomic mass is 10.1. The Balaban J connectivity index is 2.03. The summed E-state index contributed by atoms with van der Waals surface area (Å²) in [6.45, 7) is 3.97. The Morgan fingerprint density at radius 3 is 2.86 bits per heavy atom. The largest absolute Gasteiger partial charge is 0.349 e. The van der Waals surface area contributed by atoms with Crippen LogP contribution >= 0.6 is 0 Å². The first kappa shape index (κ1) is 15.3. The van der Waals surface area contributed by atoms with E-state index in [-0.39, 0.29) is 18.2 Å². The maximum Gasteiger partial charge on any atom is 0.285 e. The van der Waals surface area contributed by atoms with Gasteiger partial charge in [-0.2, -0.15) is 0 Å². The van der Waals surface area contributed by atoms with Gasteiger partial charge in [-0.25, -0.2) is 4.39 Å². The minimum absolute atomic E-state index is 0.150. The van der Waals surface area contributed by atoms with E-state index in [0.29, 0.717) is 12.7 Å². The summed E-state index contributed by atoms with van der Waals surface area (Å²) in [6.07, 6.45) is -0.330. The van der Waals surface area contributed by atoms with Gasteiger partial charge in [0, 0.05) is 6.54 Å². The van der Waals surface area contributed by atoms with Gasteiger partial charge in [-0.1, -0.05) is 0 Å². The fraction of sp³-hybridized carbons (Fsp3) is 0.462. The van der Waals surface area contributed by atoms with Crippen LogP contribution in [0.1, 0.15) is 24.2 Å². The van der Waals surface area contributed by atoms with E-state index in [4.69, 9.17) is 9.47 Å². The van der Waals surface area contributed by atoms with Crippen molar-refractivity contribution in [3.05, 3.63) is 39.7 Å². The molecule has 8 heteroatoms. The molecule has 0 saturated carbocycles. The highest BCUT2D eigenvalue weighted by Gasteiger charge is 2.33. The van der Waals surface area contributed by atoms with E-state index in [1.54, 1.807) is 13.8 Å². The number of nitrogens with zero attached hydrogens (tertiary/aromatic N) is 1. The molecular weight excluding hydrogens is 283 g/mol. The molecule has 2 rings (SSSR count). The van der Waals surface area contributed by atoms with Gasteiger partial charge in [-0.05, 0) is 26.0 Å². The van der Waals surface area contributed by atoms with Crippen LogP contribution in [0.4, 0.5) is 10.1 Å². The summed E-state index contributed by atoms with van der Waals surface area (Å²) in [7, 11) is 0. The van der Waals surface area contributed by atoms with Crippen molar-refractivity contribution in [1.29, 1.82) is 0 Å². The molecule has 114 valence electrons. The molecule has 7 nitrogen and oxygen atoms in total. The van der Waals surface area contributed by atoms with Crippen molar-refractivity contribution in [2.24, 2.45) is 0 Å². The van der Waals surface area contributed by atoms with Gasteiger partial charge in [0.1, 0.15) is 17.5 Å². The predicted molar refractivity (Wildman–Crippen MR) is 70.3 cm³/mol. The zero-order chi connectivity index (χ0) is 15.6. The molecule has 0 aromatic heterocycles. The van der Waals surface area contributed by atoms with Crippen molar-refractivity contribution in [3.63, 3.8) is 0 Å². The van der Waals surface area contributed by atoms with Crippen LogP contribution in [-0.2, 0) is 9.47 Å². The van der Waals surface area contributed by atoms with Gasteiger partial charge < -0.3 is 14.8 Å². The summed E-state index contributed by atoms with van der Waals surface area (Å²) in [5.41, 5.74) is -0.768. The molecule has 1 N–H and O–H groups in total.